The van der Waals surface area contributed by atoms with Crippen molar-refractivity contribution >= 4 is 58.1 Å². The van der Waals surface area contributed by atoms with Crippen LogP contribution in [0.4, 0.5) is 0 Å². The van der Waals surface area contributed by atoms with Crippen molar-refractivity contribution in [3.8, 4) is 0 Å². The van der Waals surface area contributed by atoms with Crippen molar-refractivity contribution in [2.75, 3.05) is 0 Å². The Kier molecular flexibility index (Phi) is 56.0. The molecular formula is C76H134MgO16. The first-order valence-corrected chi connectivity index (χ1v) is 38.0. The minimum atomic E-state index is -2.88. The van der Waals surface area contributed by atoms with Gasteiger partial charge in [-0.3, -0.25) is 19.2 Å². The predicted molar refractivity (Wildman–Crippen MR) is 368 cm³/mol. The molecule has 93 heavy (non-hydrogen) atoms. The maximum Gasteiger partial charge on any atom is 2.00 e. The molecule has 2 rings (SSSR count). The molecule has 2 aliphatic heterocycles. The number of Topliss-reactive ketones (excluding diaryl/α,β-unsaturated/α-hetero) is 4. The average molecular weight is 1330 g/mol. The molecule has 0 saturated heterocycles. The second-order valence-electron chi connectivity index (χ2n) is 27.2. The minimum Gasteiger partial charge on any atom is -0.870 e. The Bertz CT molecular complexity index is 1800. The van der Waals surface area contributed by atoms with Crippen molar-refractivity contribution in [3.63, 3.8) is 0 Å². The number of cyclic esters (lactones) is 2. The molecule has 0 amide bonds. The Labute approximate surface area is 580 Å². The van der Waals surface area contributed by atoms with Crippen LogP contribution < -0.4 is 10.2 Å². The van der Waals surface area contributed by atoms with Crippen LogP contribution >= 0.6 is 0 Å². The molecule has 6 N–H and O–H groups in total. The summed E-state index contributed by atoms with van der Waals surface area (Å²) in [6.45, 7) is 8.90. The van der Waals surface area contributed by atoms with Gasteiger partial charge in [-0.25, -0.2) is 9.59 Å². The molecule has 16 nitrogen and oxygen atoms in total. The van der Waals surface area contributed by atoms with Gasteiger partial charge in [-0.15, -0.1) is 0 Å². The summed E-state index contributed by atoms with van der Waals surface area (Å²) >= 11 is 0. The zero-order chi connectivity index (χ0) is 68.1. The first kappa shape index (κ1) is 89.9. The van der Waals surface area contributed by atoms with Gasteiger partial charge in [-0.2, -0.15) is 0 Å². The Morgan fingerprint density at radius 2 is 0.462 bits per heavy atom. The van der Waals surface area contributed by atoms with Crippen molar-refractivity contribution in [3.05, 3.63) is 23.0 Å². The fraction of sp³-hybridized carbons (Fsp3) is 0.868. The average Bonchev–Trinajstić information content (AvgIpc) is 1.77. The molecule has 0 unspecified atom stereocenters. The van der Waals surface area contributed by atoms with E-state index < -0.39 is 93.7 Å². The van der Waals surface area contributed by atoms with Gasteiger partial charge in [-0.05, 0) is 37.2 Å². The van der Waals surface area contributed by atoms with Gasteiger partial charge in [0, 0.05) is 25.7 Å². The van der Waals surface area contributed by atoms with Crippen LogP contribution in [0.15, 0.2) is 23.0 Å². The third-order valence-corrected chi connectivity index (χ3v) is 19.0. The van der Waals surface area contributed by atoms with Gasteiger partial charge in [0.15, 0.2) is 34.7 Å². The van der Waals surface area contributed by atoms with Crippen molar-refractivity contribution in [1.82, 2.24) is 0 Å². The molecule has 0 aliphatic carbocycles. The molecule has 17 heteroatoms. The largest absolute Gasteiger partial charge is 2.00 e. The van der Waals surface area contributed by atoms with Crippen LogP contribution in [0, 0.1) is 0 Å². The Balaban J connectivity index is 0.00000180. The SMILES string of the molecule is CCCCCCCCCCCCCCCC(=O)C(O)(C(=O)CCCCCCCCCCCCCCC)[C@H](O)[C@H]1OC(=O)C(O)=C1[O-].CCCCCCCCCCCCCCCC(=O)C(O)(C(=O)CCCCCCCCCCCCCCC)[C@H](O)[C@H]1OC(=O)C(O)=C1[O-].[Mg+2]. The number of carbonyl (C=O) groups is 6. The van der Waals surface area contributed by atoms with Gasteiger partial charge in [0.25, 0.3) is 0 Å². The summed E-state index contributed by atoms with van der Waals surface area (Å²) in [4.78, 5) is 76.4. The van der Waals surface area contributed by atoms with Crippen LogP contribution in [0.3, 0.4) is 0 Å². The number of hydrogen-bond acceptors (Lipinski definition) is 16. The van der Waals surface area contributed by atoms with E-state index in [2.05, 4.69) is 27.7 Å². The fourth-order valence-corrected chi connectivity index (χ4v) is 12.7. The van der Waals surface area contributed by atoms with Gasteiger partial charge in [0.1, 0.15) is 24.4 Å². The van der Waals surface area contributed by atoms with E-state index in [1.54, 1.807) is 0 Å². The van der Waals surface area contributed by atoms with Gasteiger partial charge < -0.3 is 50.3 Å². The Hall–Kier alpha value is -3.09. The second-order valence-corrected chi connectivity index (χ2v) is 27.2. The molecule has 0 fully saturated rings. The van der Waals surface area contributed by atoms with Crippen LogP contribution in [0.2, 0.25) is 0 Å². The van der Waals surface area contributed by atoms with E-state index in [4.69, 9.17) is 9.47 Å². The van der Waals surface area contributed by atoms with Crippen LogP contribution in [0.25, 0.3) is 0 Å². The number of hydrogen-bond donors (Lipinski definition) is 6. The van der Waals surface area contributed by atoms with Crippen molar-refractivity contribution in [1.29, 1.82) is 0 Å². The molecule has 0 aromatic carbocycles. The monoisotopic (exact) mass is 1330 g/mol. The molecular weight excluding hydrogens is 1190 g/mol. The van der Waals surface area contributed by atoms with E-state index >= 15 is 0 Å². The third-order valence-electron chi connectivity index (χ3n) is 19.0. The zero-order valence-corrected chi connectivity index (χ0v) is 60.8. The van der Waals surface area contributed by atoms with E-state index in [1.165, 1.54) is 205 Å². The normalized spacial score (nSPS) is 15.7. The zero-order valence-electron chi connectivity index (χ0n) is 59.4. The minimum absolute atomic E-state index is 0. The first-order valence-electron chi connectivity index (χ1n) is 38.0. The number of aliphatic hydroxyl groups excluding tert-OH is 4. The molecule has 0 aromatic rings. The summed E-state index contributed by atoms with van der Waals surface area (Å²) in [5.41, 5.74) is -5.75. The number of unbranched alkanes of at least 4 members (excludes halogenated alkanes) is 48. The molecule has 0 radical (unpaired) electrons. The van der Waals surface area contributed by atoms with Crippen LogP contribution in [-0.2, 0) is 38.2 Å². The van der Waals surface area contributed by atoms with E-state index in [9.17, 15) is 69.6 Å². The summed E-state index contributed by atoms with van der Waals surface area (Å²) in [6, 6.07) is 0. The molecule has 0 bridgehead atoms. The van der Waals surface area contributed by atoms with Gasteiger partial charge in [-0.1, -0.05) is 336 Å². The molecule has 2 heterocycles. The van der Waals surface area contributed by atoms with Crippen molar-refractivity contribution < 1.29 is 79.1 Å². The first-order chi connectivity index (χ1) is 44.4. The smallest absolute Gasteiger partial charge is 0.870 e. The fourth-order valence-electron chi connectivity index (χ4n) is 12.7. The summed E-state index contributed by atoms with van der Waals surface area (Å²) < 4.78 is 9.50. The Morgan fingerprint density at radius 3 is 0.591 bits per heavy atom. The summed E-state index contributed by atoms with van der Waals surface area (Å²) in [6.07, 6.45) is 49.1. The topological polar surface area (TPSA) is 288 Å². The van der Waals surface area contributed by atoms with Crippen molar-refractivity contribution in [2.45, 2.75) is 423 Å². The number of carbonyl (C=O) groups excluding carboxylic acids is 6. The number of ether oxygens (including phenoxy) is 2. The Morgan fingerprint density at radius 1 is 0.323 bits per heavy atom. The van der Waals surface area contributed by atoms with Crippen LogP contribution in [0.1, 0.15) is 387 Å². The number of esters is 2. The maximum atomic E-state index is 13.3. The molecule has 4 atom stereocenters. The van der Waals surface area contributed by atoms with Crippen LogP contribution in [0.5, 0.6) is 0 Å². The van der Waals surface area contributed by atoms with E-state index in [1.807, 2.05) is 0 Å². The molecule has 536 valence electrons. The summed E-state index contributed by atoms with van der Waals surface area (Å²) in [5, 5.41) is 88.4. The summed E-state index contributed by atoms with van der Waals surface area (Å²) in [7, 11) is 0. The van der Waals surface area contributed by atoms with Gasteiger partial charge in [0.05, 0.1) is 0 Å². The molecule has 0 spiro atoms. The van der Waals surface area contributed by atoms with Crippen LogP contribution in [-0.4, -0.2) is 124 Å². The van der Waals surface area contributed by atoms with Gasteiger partial charge in [0.2, 0.25) is 11.2 Å². The van der Waals surface area contributed by atoms with Crippen molar-refractivity contribution in [2.24, 2.45) is 0 Å². The van der Waals surface area contributed by atoms with E-state index in [0.717, 1.165) is 103 Å². The van der Waals surface area contributed by atoms with E-state index in [-0.39, 0.29) is 48.7 Å². The summed E-state index contributed by atoms with van der Waals surface area (Å²) in [5.74, 6) is -11.1. The standard InChI is InChI=1S/2C38H68O8.Mg/c2*1-3-5-7-9-11-13-15-17-19-21-23-25-27-29-31(39)38(45,36(43)35-33(41)34(42)37(44)46-35)32(40)30-28-26-24-22-20-18-16-14-12-10-8-6-4-2;/h2*35-36,41-43,45H,3-30H2,1-2H3;/q;;+2/p-2/t2*35-,36+;/m00./s1. The third kappa shape index (κ3) is 38.0. The van der Waals surface area contributed by atoms with E-state index in [0.29, 0.717) is 25.7 Å². The molecule has 0 saturated carbocycles. The number of ketones is 4. The number of rotatable bonds is 64. The second kappa shape index (κ2) is 57.9. The predicted octanol–water partition coefficient (Wildman–Crippen LogP) is 16.1. The molecule has 2 aliphatic rings. The number of aliphatic hydroxyl groups is 6. The quantitative estimate of drug-likeness (QED) is 0.0143. The van der Waals surface area contributed by atoms with Gasteiger partial charge >= 0.3 is 35.0 Å². The molecule has 0 aromatic heterocycles. The maximum absolute atomic E-state index is 13.3.